The lowest BCUT2D eigenvalue weighted by Gasteiger charge is -2.05. The first-order chi connectivity index (χ1) is 7.59. The lowest BCUT2D eigenvalue weighted by Crippen LogP contribution is -2.16. The first-order valence-electron chi connectivity index (χ1n) is 6.46. The zero-order valence-corrected chi connectivity index (χ0v) is 12.9. The maximum Gasteiger partial charge on any atom is 0.223 e. The van der Waals surface area contributed by atoms with Crippen LogP contribution in [0.4, 0.5) is 0 Å². The fourth-order valence-corrected chi connectivity index (χ4v) is 0.329. The van der Waals surface area contributed by atoms with Gasteiger partial charge in [-0.15, -0.1) is 0 Å². The Kier molecular flexibility index (Phi) is 44.7. The van der Waals surface area contributed by atoms with Gasteiger partial charge in [-0.3, -0.25) is 4.79 Å². The van der Waals surface area contributed by atoms with E-state index in [2.05, 4.69) is 13.8 Å². The number of nitrogens with zero attached hydrogens (tertiary/aromatic N) is 1. The number of unbranched alkanes of at least 4 members (excludes halogenated alkanes) is 1. The van der Waals surface area contributed by atoms with Gasteiger partial charge in [0.1, 0.15) is 0 Å². The summed E-state index contributed by atoms with van der Waals surface area (Å²) in [5.74, 6) is 0.0584. The molecule has 0 aromatic carbocycles. The molecule has 0 aromatic heterocycles. The van der Waals surface area contributed by atoms with Crippen LogP contribution in [0.3, 0.4) is 0 Å². The molecule has 2 nitrogen and oxygen atoms in total. The van der Waals surface area contributed by atoms with Gasteiger partial charge in [0.2, 0.25) is 5.91 Å². The van der Waals surface area contributed by atoms with Crippen LogP contribution in [-0.2, 0) is 4.79 Å². The molecule has 0 aliphatic carbocycles. The van der Waals surface area contributed by atoms with Gasteiger partial charge in [0.05, 0.1) is 0 Å². The average Bonchev–Trinajstić information content (AvgIpc) is 2.34. The maximum absolute atomic E-state index is 10.4. The van der Waals surface area contributed by atoms with E-state index in [-0.39, 0.29) is 5.91 Å². The van der Waals surface area contributed by atoms with Crippen molar-refractivity contribution in [1.82, 2.24) is 4.90 Å². The van der Waals surface area contributed by atoms with Crippen molar-refractivity contribution >= 4 is 5.91 Å². The Labute approximate surface area is 104 Å². The second-order valence-electron chi connectivity index (χ2n) is 2.61. The molecule has 0 aliphatic heterocycles. The van der Waals surface area contributed by atoms with Crippen LogP contribution in [0.5, 0.6) is 0 Å². The van der Waals surface area contributed by atoms with Crippen LogP contribution in [0, 0.1) is 0 Å². The largest absolute Gasteiger partial charge is 0.323 e. The minimum absolute atomic E-state index is 0.0584. The zero-order valence-electron chi connectivity index (χ0n) is 12.9. The molecule has 100 valence electrons. The van der Waals surface area contributed by atoms with E-state index in [1.807, 2.05) is 40.7 Å². The molecular weight excluding hydrogens is 198 g/mol. The second kappa shape index (κ2) is 29.2. The monoisotopic (exact) mass is 231 g/mol. The van der Waals surface area contributed by atoms with Crippen molar-refractivity contribution in [3.05, 3.63) is 12.3 Å². The third kappa shape index (κ3) is 37.9. The molecule has 2 heteroatoms. The van der Waals surface area contributed by atoms with E-state index in [0.29, 0.717) is 0 Å². The lowest BCUT2D eigenvalue weighted by molar-refractivity contribution is -0.125. The third-order valence-corrected chi connectivity index (χ3v) is 1.37. The van der Waals surface area contributed by atoms with Crippen LogP contribution in [-0.4, -0.2) is 17.9 Å². The molecule has 0 bridgehead atoms. The number of carbonyl (C=O) groups excluding carboxylic acids is 1. The van der Waals surface area contributed by atoms with Crippen molar-refractivity contribution in [2.45, 2.75) is 68.2 Å². The molecule has 0 N–H and O–H groups in total. The summed E-state index contributed by atoms with van der Waals surface area (Å²) >= 11 is 0. The highest BCUT2D eigenvalue weighted by Crippen LogP contribution is 1.82. The predicted molar refractivity (Wildman–Crippen MR) is 76.5 cm³/mol. The first kappa shape index (κ1) is 24.4. The number of amides is 1. The van der Waals surface area contributed by atoms with Crippen molar-refractivity contribution < 1.29 is 4.79 Å². The Morgan fingerprint density at radius 3 is 1.44 bits per heavy atom. The van der Waals surface area contributed by atoms with E-state index in [9.17, 15) is 4.79 Å². The van der Waals surface area contributed by atoms with E-state index in [1.165, 1.54) is 24.7 Å². The van der Waals surface area contributed by atoms with E-state index in [0.717, 1.165) is 0 Å². The predicted octanol–water partition coefficient (Wildman–Crippen LogP) is 4.86. The molecule has 0 heterocycles. The fourth-order valence-electron chi connectivity index (χ4n) is 0.329. The first-order valence-corrected chi connectivity index (χ1v) is 6.46. The van der Waals surface area contributed by atoms with E-state index < -0.39 is 0 Å². The molecule has 0 radical (unpaired) electrons. The van der Waals surface area contributed by atoms with Gasteiger partial charge >= 0.3 is 0 Å². The smallest absolute Gasteiger partial charge is 0.223 e. The van der Waals surface area contributed by atoms with E-state index in [1.54, 1.807) is 13.2 Å². The van der Waals surface area contributed by atoms with Gasteiger partial charge in [-0.2, -0.15) is 0 Å². The molecular formula is C14H33NO. The van der Waals surface area contributed by atoms with E-state index in [4.69, 9.17) is 0 Å². The van der Waals surface area contributed by atoms with Crippen LogP contribution in [0.25, 0.3) is 0 Å². The van der Waals surface area contributed by atoms with Crippen LogP contribution >= 0.6 is 0 Å². The summed E-state index contributed by atoms with van der Waals surface area (Å²) in [6.45, 7) is 15.8. The Hall–Kier alpha value is -0.790. The normalized spacial score (nSPS) is 7.56. The molecule has 0 fully saturated rings. The highest BCUT2D eigenvalue weighted by atomic mass is 16.2. The zero-order chi connectivity index (χ0) is 14.0. The van der Waals surface area contributed by atoms with Crippen LogP contribution in [0.1, 0.15) is 68.2 Å². The van der Waals surface area contributed by atoms with Gasteiger partial charge < -0.3 is 4.90 Å². The van der Waals surface area contributed by atoms with Gasteiger partial charge in [0.15, 0.2) is 0 Å². The molecule has 0 saturated carbocycles. The summed E-state index contributed by atoms with van der Waals surface area (Å²) in [5.41, 5.74) is 0. The number of allylic oxidation sites excluding steroid dienone is 1. The molecule has 0 aliphatic rings. The fraction of sp³-hybridized carbons (Fsp3) is 0.786. The van der Waals surface area contributed by atoms with Gasteiger partial charge in [0.25, 0.3) is 0 Å². The van der Waals surface area contributed by atoms with Crippen molar-refractivity contribution in [2.24, 2.45) is 0 Å². The van der Waals surface area contributed by atoms with Crippen LogP contribution < -0.4 is 0 Å². The summed E-state index contributed by atoms with van der Waals surface area (Å²) < 4.78 is 0. The molecule has 0 aromatic rings. The summed E-state index contributed by atoms with van der Waals surface area (Å²) in [4.78, 5) is 11.9. The Balaban J connectivity index is -0.0000000761. The number of hydrogen-bond acceptors (Lipinski definition) is 1. The number of carbonyl (C=O) groups is 1. The highest BCUT2D eigenvalue weighted by Gasteiger charge is 1.92. The minimum Gasteiger partial charge on any atom is -0.323 e. The van der Waals surface area contributed by atoms with E-state index >= 15 is 0 Å². The molecule has 0 spiro atoms. The van der Waals surface area contributed by atoms with Crippen molar-refractivity contribution in [3.63, 3.8) is 0 Å². The summed E-state index contributed by atoms with van der Waals surface area (Å²) in [6, 6.07) is 0. The Morgan fingerprint density at radius 2 is 1.38 bits per heavy atom. The molecule has 0 rings (SSSR count). The second-order valence-corrected chi connectivity index (χ2v) is 2.61. The summed E-state index contributed by atoms with van der Waals surface area (Å²) in [6.07, 6.45) is 6.18. The molecule has 16 heavy (non-hydrogen) atoms. The van der Waals surface area contributed by atoms with Crippen LogP contribution in [0.15, 0.2) is 12.3 Å². The van der Waals surface area contributed by atoms with Crippen molar-refractivity contribution in [3.8, 4) is 0 Å². The van der Waals surface area contributed by atoms with Gasteiger partial charge in [0, 0.05) is 20.2 Å². The summed E-state index contributed by atoms with van der Waals surface area (Å²) in [5, 5.41) is 0. The Morgan fingerprint density at radius 1 is 1.06 bits per heavy atom. The van der Waals surface area contributed by atoms with Gasteiger partial charge in [-0.1, -0.05) is 60.5 Å². The molecule has 0 saturated heterocycles. The van der Waals surface area contributed by atoms with Crippen molar-refractivity contribution in [1.29, 1.82) is 0 Å². The third-order valence-electron chi connectivity index (χ3n) is 1.37. The standard InChI is InChI=1S/C6H11NO.C4H10.2C2H6/c1-4-5-7(3)6(2)8;1-3-4-2;2*1-2/h4-5H,1-3H3;3-4H2,1-2H3;2*1-2H3/b5-4-;;;. The Bertz CT molecular complexity index is 129. The van der Waals surface area contributed by atoms with Gasteiger partial charge in [-0.25, -0.2) is 0 Å². The highest BCUT2D eigenvalue weighted by molar-refractivity contribution is 5.73. The summed E-state index contributed by atoms with van der Waals surface area (Å²) in [7, 11) is 1.72. The van der Waals surface area contributed by atoms with Gasteiger partial charge in [-0.05, 0) is 6.92 Å². The minimum atomic E-state index is 0.0584. The maximum atomic E-state index is 10.4. The average molecular weight is 231 g/mol. The number of rotatable bonds is 2. The quantitative estimate of drug-likeness (QED) is 0.665. The van der Waals surface area contributed by atoms with Crippen LogP contribution in [0.2, 0.25) is 0 Å². The topological polar surface area (TPSA) is 20.3 Å². The molecule has 0 atom stereocenters. The molecule has 1 amide bonds. The molecule has 0 unspecified atom stereocenters. The van der Waals surface area contributed by atoms with Crippen molar-refractivity contribution in [2.75, 3.05) is 7.05 Å². The lowest BCUT2D eigenvalue weighted by atomic mass is 10.4. The number of hydrogen-bond donors (Lipinski definition) is 0. The SMILES string of the molecule is C/C=C\N(C)C(C)=O.CC.CC.CCCC.